The molecule has 0 spiro atoms. The lowest BCUT2D eigenvalue weighted by atomic mass is 10.0. The fraction of sp³-hybridized carbons (Fsp3) is 1.00. The van der Waals surface area contributed by atoms with E-state index in [-0.39, 0.29) is 6.10 Å². The van der Waals surface area contributed by atoms with E-state index in [4.69, 9.17) is 14.3 Å². The summed E-state index contributed by atoms with van der Waals surface area (Å²) >= 11 is 0. The summed E-state index contributed by atoms with van der Waals surface area (Å²) in [5, 5.41) is 9.29. The molecule has 0 aromatic carbocycles. The fourth-order valence-corrected chi connectivity index (χ4v) is 3.02. The maximum Gasteiger partial charge on any atom is 0.665 e. The minimum Gasteiger partial charge on any atom is -0.400 e. The Labute approximate surface area is 163 Å². The van der Waals surface area contributed by atoms with Gasteiger partial charge in [-0.3, -0.25) is 0 Å². The Morgan fingerprint density at radius 1 is 0.654 bits per heavy atom. The van der Waals surface area contributed by atoms with Crippen LogP contribution in [-0.4, -0.2) is 25.1 Å². The summed E-state index contributed by atoms with van der Waals surface area (Å²) in [6, 6.07) is 0. The van der Waals surface area contributed by atoms with Crippen LogP contribution >= 0.6 is 0 Å². The van der Waals surface area contributed by atoms with Gasteiger partial charge in [0.25, 0.3) is 0 Å². The first kappa shape index (κ1) is 25.9. The van der Waals surface area contributed by atoms with E-state index in [2.05, 4.69) is 13.8 Å². The van der Waals surface area contributed by atoms with Crippen molar-refractivity contribution >= 4 is 7.32 Å². The Kier molecular flexibility index (Phi) is 19.6. The second-order valence-corrected chi connectivity index (χ2v) is 8.19. The van der Waals surface area contributed by atoms with E-state index in [0.717, 1.165) is 18.8 Å². The minimum absolute atomic E-state index is 0.0803. The second kappa shape index (κ2) is 19.7. The molecule has 156 valence electrons. The molecule has 0 bridgehead atoms. The molecule has 0 rings (SSSR count). The summed E-state index contributed by atoms with van der Waals surface area (Å²) in [5.74, 6) is 0.869. The molecule has 0 saturated carbocycles. The average Bonchev–Trinajstić information content (AvgIpc) is 2.56. The highest BCUT2D eigenvalue weighted by Gasteiger charge is 2.18. The molecule has 0 unspecified atom stereocenters. The van der Waals surface area contributed by atoms with Gasteiger partial charge in [-0.25, -0.2) is 9.69 Å². The zero-order chi connectivity index (χ0) is 19.5. The van der Waals surface area contributed by atoms with Gasteiger partial charge in [0.1, 0.15) is 0 Å². The van der Waals surface area contributed by atoms with Crippen molar-refractivity contribution in [3.05, 3.63) is 0 Å². The van der Waals surface area contributed by atoms with E-state index < -0.39 is 7.32 Å². The largest absolute Gasteiger partial charge is 0.665 e. The van der Waals surface area contributed by atoms with E-state index in [0.29, 0.717) is 6.61 Å². The van der Waals surface area contributed by atoms with Crippen LogP contribution in [0.1, 0.15) is 118 Å². The summed E-state index contributed by atoms with van der Waals surface area (Å²) in [4.78, 5) is 9.65. The highest BCUT2D eigenvalue weighted by Crippen LogP contribution is 2.14. The van der Waals surface area contributed by atoms with Crippen molar-refractivity contribution in [3.63, 3.8) is 0 Å². The van der Waals surface area contributed by atoms with Gasteiger partial charge in [0.2, 0.25) is 0 Å². The van der Waals surface area contributed by atoms with Gasteiger partial charge in [-0.15, -0.1) is 0 Å². The van der Waals surface area contributed by atoms with Crippen molar-refractivity contribution in [1.82, 2.24) is 0 Å². The molecule has 4 nitrogen and oxygen atoms in total. The molecule has 0 aromatic heterocycles. The van der Waals surface area contributed by atoms with Crippen molar-refractivity contribution in [1.29, 1.82) is 0 Å². The van der Waals surface area contributed by atoms with E-state index in [1.165, 1.54) is 77.0 Å². The van der Waals surface area contributed by atoms with Crippen LogP contribution in [0.25, 0.3) is 0 Å². The van der Waals surface area contributed by atoms with Crippen molar-refractivity contribution in [2.75, 3.05) is 6.61 Å². The fourth-order valence-electron chi connectivity index (χ4n) is 3.02. The topological polar surface area (TPSA) is 47.9 Å². The van der Waals surface area contributed by atoms with Crippen LogP contribution in [0.5, 0.6) is 0 Å². The van der Waals surface area contributed by atoms with Crippen LogP contribution in [0.4, 0.5) is 0 Å². The Bertz CT molecular complexity index is 275. The first-order valence-electron chi connectivity index (χ1n) is 11.1. The number of hydrogen-bond acceptors (Lipinski definition) is 4. The number of hydrogen-bond donors (Lipinski definition) is 1. The Hall–Kier alpha value is -0.0951. The van der Waals surface area contributed by atoms with Gasteiger partial charge in [-0.2, -0.15) is 0 Å². The lowest BCUT2D eigenvalue weighted by molar-refractivity contribution is -0.240. The molecular weight excluding hydrogens is 327 g/mol. The predicted molar refractivity (Wildman–Crippen MR) is 111 cm³/mol. The summed E-state index contributed by atoms with van der Waals surface area (Å²) in [5.41, 5.74) is 0. The van der Waals surface area contributed by atoms with Gasteiger partial charge in [-0.05, 0) is 26.2 Å². The zero-order valence-electron chi connectivity index (χ0n) is 18.0. The molecule has 0 amide bonds. The van der Waals surface area contributed by atoms with E-state index in [1.807, 2.05) is 13.8 Å². The second-order valence-electron chi connectivity index (χ2n) is 8.19. The monoisotopic (exact) mass is 372 g/mol. The van der Waals surface area contributed by atoms with Crippen molar-refractivity contribution in [3.8, 4) is 0 Å². The quantitative estimate of drug-likeness (QED) is 0.115. The molecule has 0 aliphatic carbocycles. The lowest BCUT2D eigenvalue weighted by Crippen LogP contribution is -2.26. The molecule has 0 atom stereocenters. The molecule has 0 aliphatic rings. The summed E-state index contributed by atoms with van der Waals surface area (Å²) < 4.78 is 4.99. The third-order valence-electron chi connectivity index (χ3n) is 4.55. The molecule has 26 heavy (non-hydrogen) atoms. The van der Waals surface area contributed by atoms with Crippen molar-refractivity contribution in [2.24, 2.45) is 5.92 Å². The van der Waals surface area contributed by atoms with E-state index in [1.54, 1.807) is 0 Å². The molecule has 0 fully saturated rings. The normalized spacial score (nSPS) is 11.7. The van der Waals surface area contributed by atoms with Gasteiger partial charge in [0, 0.05) is 6.10 Å². The van der Waals surface area contributed by atoms with Gasteiger partial charge >= 0.3 is 7.32 Å². The Morgan fingerprint density at radius 3 is 1.50 bits per heavy atom. The molecule has 0 aliphatic heterocycles. The SMILES string of the molecule is CC(C)CCCCCCCCCCCCCCCOOB(O)OC(C)C. The Balaban J connectivity index is 3.07. The summed E-state index contributed by atoms with van der Waals surface area (Å²) in [6.07, 6.45) is 18.7. The Morgan fingerprint density at radius 2 is 1.08 bits per heavy atom. The van der Waals surface area contributed by atoms with Crippen LogP contribution in [0.2, 0.25) is 0 Å². The summed E-state index contributed by atoms with van der Waals surface area (Å²) in [7, 11) is -1.28. The average molecular weight is 372 g/mol. The van der Waals surface area contributed by atoms with E-state index >= 15 is 0 Å². The maximum absolute atomic E-state index is 9.29. The molecule has 0 radical (unpaired) electrons. The number of rotatable bonds is 20. The highest BCUT2D eigenvalue weighted by molar-refractivity contribution is 6.34. The standard InChI is InChI=1S/C21H45BO4/c1-20(2)18-16-14-12-10-8-6-5-7-9-11-13-15-17-19-24-26-22(23)25-21(3)4/h20-21,23H,5-19H2,1-4H3. The predicted octanol–water partition coefficient (Wildman–Crippen LogP) is 6.45. The van der Waals surface area contributed by atoms with Gasteiger partial charge in [0.05, 0.1) is 6.61 Å². The van der Waals surface area contributed by atoms with Crippen molar-refractivity contribution in [2.45, 2.75) is 124 Å². The number of unbranched alkanes of at least 4 members (excludes halogenated alkanes) is 12. The molecule has 0 saturated heterocycles. The van der Waals surface area contributed by atoms with Crippen molar-refractivity contribution < 1.29 is 19.4 Å². The first-order valence-corrected chi connectivity index (χ1v) is 11.1. The maximum atomic E-state index is 9.29. The third kappa shape index (κ3) is 21.9. The molecule has 0 aromatic rings. The van der Waals surface area contributed by atoms with Crippen LogP contribution in [-0.2, 0) is 14.3 Å². The van der Waals surface area contributed by atoms with Crippen LogP contribution in [0, 0.1) is 5.92 Å². The van der Waals surface area contributed by atoms with Gasteiger partial charge < -0.3 is 9.68 Å². The summed E-state index contributed by atoms with van der Waals surface area (Å²) in [6.45, 7) is 8.81. The van der Waals surface area contributed by atoms with E-state index in [9.17, 15) is 5.02 Å². The van der Waals surface area contributed by atoms with Gasteiger partial charge in [-0.1, -0.05) is 97.3 Å². The highest BCUT2D eigenvalue weighted by atomic mass is 17.2. The van der Waals surface area contributed by atoms with Gasteiger partial charge in [0.15, 0.2) is 0 Å². The molecule has 5 heteroatoms. The van der Waals surface area contributed by atoms with Crippen LogP contribution in [0.3, 0.4) is 0 Å². The van der Waals surface area contributed by atoms with Crippen LogP contribution in [0.15, 0.2) is 0 Å². The molecule has 0 heterocycles. The molecule has 1 N–H and O–H groups in total. The third-order valence-corrected chi connectivity index (χ3v) is 4.55. The van der Waals surface area contributed by atoms with Crippen LogP contribution < -0.4 is 0 Å². The smallest absolute Gasteiger partial charge is 0.400 e. The first-order chi connectivity index (χ1) is 12.5. The zero-order valence-corrected chi connectivity index (χ0v) is 18.0. The minimum atomic E-state index is -1.28. The lowest BCUT2D eigenvalue weighted by Gasteiger charge is -2.10. The molecular formula is C21H45BO4.